The molecule has 2 heterocycles. The molecular weight excluding hydrogens is 357 g/mol. The van der Waals surface area contributed by atoms with Crippen molar-refractivity contribution in [2.45, 2.75) is 25.4 Å². The summed E-state index contributed by atoms with van der Waals surface area (Å²) in [5, 5.41) is 3.55. The molecule has 1 N–H and O–H groups in total. The van der Waals surface area contributed by atoms with Crippen LogP contribution in [-0.2, 0) is 13.0 Å². The summed E-state index contributed by atoms with van der Waals surface area (Å²) in [5.74, 6) is -0.226. The fourth-order valence-corrected chi connectivity index (χ4v) is 3.57. The summed E-state index contributed by atoms with van der Waals surface area (Å²) in [4.78, 5) is 6.32. The smallest absolute Gasteiger partial charge is 0.145 e. The van der Waals surface area contributed by atoms with Crippen LogP contribution in [0.3, 0.4) is 0 Å². The van der Waals surface area contributed by atoms with Gasteiger partial charge in [-0.05, 0) is 34.3 Å². The van der Waals surface area contributed by atoms with Crippen LogP contribution in [-0.4, -0.2) is 35.6 Å². The highest BCUT2D eigenvalue weighted by Gasteiger charge is 2.20. The minimum Gasteiger partial charge on any atom is -0.311 e. The Labute approximate surface area is 145 Å². The Balaban J connectivity index is 1.55. The predicted octanol–water partition coefficient (Wildman–Crippen LogP) is 3.39. The Morgan fingerprint density at radius 3 is 2.87 bits per heavy atom. The molecule has 1 aliphatic heterocycles. The molecular formula is C18H21BrFN3. The molecule has 3 rings (SSSR count). The molecule has 0 radical (unpaired) electrons. The third-order valence-electron chi connectivity index (χ3n) is 4.28. The maximum atomic E-state index is 13.8. The Hall–Kier alpha value is -1.30. The van der Waals surface area contributed by atoms with Crippen molar-refractivity contribution in [3.63, 3.8) is 0 Å². The van der Waals surface area contributed by atoms with Gasteiger partial charge in [0.1, 0.15) is 5.82 Å². The number of piperazine rings is 1. The second-order valence-electron chi connectivity index (χ2n) is 5.99. The zero-order valence-corrected chi connectivity index (χ0v) is 14.6. The second kappa shape index (κ2) is 7.99. The molecule has 1 atom stereocenters. The predicted molar refractivity (Wildman–Crippen MR) is 93.7 cm³/mol. The van der Waals surface area contributed by atoms with Gasteiger partial charge in [-0.25, -0.2) is 4.39 Å². The van der Waals surface area contributed by atoms with E-state index < -0.39 is 0 Å². The molecule has 0 bridgehead atoms. The number of rotatable bonds is 5. The molecule has 1 saturated heterocycles. The van der Waals surface area contributed by atoms with Crippen molar-refractivity contribution in [2.75, 3.05) is 19.6 Å². The van der Waals surface area contributed by atoms with Crippen LogP contribution >= 0.6 is 15.9 Å². The van der Waals surface area contributed by atoms with E-state index in [0.29, 0.717) is 12.5 Å². The molecule has 0 spiro atoms. The number of hydrogen-bond donors (Lipinski definition) is 1. The van der Waals surface area contributed by atoms with Crippen molar-refractivity contribution in [1.29, 1.82) is 0 Å². The summed E-state index contributed by atoms with van der Waals surface area (Å²) in [6.45, 7) is 4.02. The highest BCUT2D eigenvalue weighted by Crippen LogP contribution is 2.21. The maximum Gasteiger partial charge on any atom is 0.145 e. The van der Waals surface area contributed by atoms with Crippen molar-refractivity contribution < 1.29 is 4.39 Å². The van der Waals surface area contributed by atoms with E-state index in [4.69, 9.17) is 0 Å². The molecule has 23 heavy (non-hydrogen) atoms. The van der Waals surface area contributed by atoms with Crippen LogP contribution in [0.2, 0.25) is 0 Å². The lowest BCUT2D eigenvalue weighted by Crippen LogP contribution is -2.50. The van der Waals surface area contributed by atoms with Gasteiger partial charge in [-0.1, -0.05) is 30.3 Å². The fraction of sp³-hybridized carbons (Fsp3) is 0.389. The van der Waals surface area contributed by atoms with Gasteiger partial charge in [0, 0.05) is 48.5 Å². The van der Waals surface area contributed by atoms with Crippen molar-refractivity contribution in [1.82, 2.24) is 15.2 Å². The molecule has 1 aromatic carbocycles. The minimum absolute atomic E-state index is 0.226. The van der Waals surface area contributed by atoms with Gasteiger partial charge in [-0.15, -0.1) is 0 Å². The fourth-order valence-electron chi connectivity index (χ4n) is 3.07. The van der Waals surface area contributed by atoms with Crippen LogP contribution in [0.1, 0.15) is 17.5 Å². The van der Waals surface area contributed by atoms with E-state index in [0.717, 1.165) is 42.6 Å². The largest absolute Gasteiger partial charge is 0.311 e. The molecule has 0 aliphatic carbocycles. The van der Waals surface area contributed by atoms with E-state index >= 15 is 0 Å². The standard InChI is InChI=1S/C18H21BrFN3/c19-17-10-21-11-18(20)16(17)7-6-15-13-23(9-8-22-15)12-14-4-2-1-3-5-14/h1-5,10-11,15,22H,6-9,12-13H2. The van der Waals surface area contributed by atoms with Crippen molar-refractivity contribution in [3.8, 4) is 0 Å². The summed E-state index contributed by atoms with van der Waals surface area (Å²) in [7, 11) is 0. The second-order valence-corrected chi connectivity index (χ2v) is 6.85. The minimum atomic E-state index is -0.226. The highest BCUT2D eigenvalue weighted by molar-refractivity contribution is 9.10. The van der Waals surface area contributed by atoms with Gasteiger partial charge >= 0.3 is 0 Å². The van der Waals surface area contributed by atoms with Gasteiger partial charge in [0.15, 0.2) is 0 Å². The van der Waals surface area contributed by atoms with Crippen LogP contribution in [0.4, 0.5) is 4.39 Å². The van der Waals surface area contributed by atoms with E-state index in [1.807, 2.05) is 6.07 Å². The average molecular weight is 378 g/mol. The Bertz CT molecular complexity index is 615. The van der Waals surface area contributed by atoms with Gasteiger partial charge < -0.3 is 5.32 Å². The molecule has 1 fully saturated rings. The molecule has 1 unspecified atom stereocenters. The molecule has 0 saturated carbocycles. The first-order chi connectivity index (χ1) is 11.2. The SMILES string of the molecule is Fc1cncc(Br)c1CCC1CN(Cc2ccccc2)CCN1. The Kier molecular flexibility index (Phi) is 5.75. The first kappa shape index (κ1) is 16.6. The number of aromatic nitrogens is 1. The molecule has 122 valence electrons. The van der Waals surface area contributed by atoms with Crippen molar-refractivity contribution in [2.24, 2.45) is 0 Å². The van der Waals surface area contributed by atoms with E-state index in [9.17, 15) is 4.39 Å². The van der Waals surface area contributed by atoms with Gasteiger partial charge in [0.2, 0.25) is 0 Å². The van der Waals surface area contributed by atoms with E-state index in [1.54, 1.807) is 6.20 Å². The molecule has 1 aliphatic rings. The number of pyridine rings is 1. The monoisotopic (exact) mass is 377 g/mol. The molecule has 1 aromatic heterocycles. The molecule has 2 aromatic rings. The summed E-state index contributed by atoms with van der Waals surface area (Å²) < 4.78 is 14.6. The zero-order valence-electron chi connectivity index (χ0n) is 13.0. The number of nitrogens with one attached hydrogen (secondary N) is 1. The summed E-state index contributed by atoms with van der Waals surface area (Å²) in [6.07, 6.45) is 4.58. The third-order valence-corrected chi connectivity index (χ3v) is 4.97. The first-order valence-corrected chi connectivity index (χ1v) is 8.79. The lowest BCUT2D eigenvalue weighted by Gasteiger charge is -2.34. The van der Waals surface area contributed by atoms with E-state index in [1.165, 1.54) is 11.8 Å². The highest BCUT2D eigenvalue weighted by atomic mass is 79.9. The third kappa shape index (κ3) is 4.59. The van der Waals surface area contributed by atoms with Gasteiger partial charge in [0.05, 0.1) is 6.20 Å². The maximum absolute atomic E-state index is 13.8. The van der Waals surface area contributed by atoms with Gasteiger partial charge in [-0.3, -0.25) is 9.88 Å². The molecule has 0 amide bonds. The summed E-state index contributed by atoms with van der Waals surface area (Å²) >= 11 is 3.39. The van der Waals surface area contributed by atoms with Crippen LogP contribution < -0.4 is 5.32 Å². The molecule has 3 nitrogen and oxygen atoms in total. The van der Waals surface area contributed by atoms with Crippen LogP contribution in [0, 0.1) is 5.82 Å². The number of halogens is 2. The topological polar surface area (TPSA) is 28.2 Å². The lowest BCUT2D eigenvalue weighted by atomic mass is 10.0. The van der Waals surface area contributed by atoms with Crippen LogP contribution in [0.15, 0.2) is 47.2 Å². The normalized spacial score (nSPS) is 19.0. The van der Waals surface area contributed by atoms with Crippen LogP contribution in [0.5, 0.6) is 0 Å². The van der Waals surface area contributed by atoms with E-state index in [-0.39, 0.29) is 5.82 Å². The lowest BCUT2D eigenvalue weighted by molar-refractivity contribution is 0.187. The number of nitrogens with zero attached hydrogens (tertiary/aromatic N) is 2. The van der Waals surface area contributed by atoms with Gasteiger partial charge in [-0.2, -0.15) is 0 Å². The average Bonchev–Trinajstić information content (AvgIpc) is 2.56. The van der Waals surface area contributed by atoms with Crippen molar-refractivity contribution in [3.05, 3.63) is 64.1 Å². The van der Waals surface area contributed by atoms with Gasteiger partial charge in [0.25, 0.3) is 0 Å². The molecule has 5 heteroatoms. The quantitative estimate of drug-likeness (QED) is 0.865. The first-order valence-electron chi connectivity index (χ1n) is 8.00. The summed E-state index contributed by atoms with van der Waals surface area (Å²) in [5.41, 5.74) is 2.07. The zero-order chi connectivity index (χ0) is 16.1. The van der Waals surface area contributed by atoms with E-state index in [2.05, 4.69) is 55.4 Å². The summed E-state index contributed by atoms with van der Waals surface area (Å²) in [6, 6.07) is 10.9. The Morgan fingerprint density at radius 2 is 2.09 bits per heavy atom. The van der Waals surface area contributed by atoms with Crippen LogP contribution in [0.25, 0.3) is 0 Å². The Morgan fingerprint density at radius 1 is 1.26 bits per heavy atom. The number of hydrogen-bond acceptors (Lipinski definition) is 3. The number of benzene rings is 1. The van der Waals surface area contributed by atoms with Crippen molar-refractivity contribution >= 4 is 15.9 Å².